The number of anilines is 2. The Bertz CT molecular complexity index is 777. The summed E-state index contributed by atoms with van der Waals surface area (Å²) in [6.45, 7) is 0. The van der Waals surface area contributed by atoms with E-state index in [1.807, 2.05) is 48.5 Å². The Balaban J connectivity index is 1.66. The molecular formula is C18H16N2O3. The molecule has 5 heteroatoms. The number of fused-ring (bicyclic) bond motifs is 2. The topological polar surface area (TPSA) is 69.6 Å². The lowest BCUT2D eigenvalue weighted by molar-refractivity contribution is -0.139. The molecule has 2 aliphatic rings. The molecule has 1 amide bonds. The number of nitrogens with zero attached hydrogens (tertiary/aromatic N) is 1. The van der Waals surface area contributed by atoms with Gasteiger partial charge in [-0.15, -0.1) is 0 Å². The maximum Gasteiger partial charge on any atom is 0.327 e. The summed E-state index contributed by atoms with van der Waals surface area (Å²) < 4.78 is 0. The van der Waals surface area contributed by atoms with Gasteiger partial charge in [0.15, 0.2) is 0 Å². The van der Waals surface area contributed by atoms with Crippen LogP contribution < -0.4 is 10.2 Å². The second-order valence-corrected chi connectivity index (χ2v) is 5.95. The van der Waals surface area contributed by atoms with Crippen LogP contribution in [-0.4, -0.2) is 29.1 Å². The number of hydrogen-bond donors (Lipinski definition) is 2. The highest BCUT2D eigenvalue weighted by Crippen LogP contribution is 2.35. The van der Waals surface area contributed by atoms with Crippen LogP contribution in [-0.2, 0) is 22.4 Å². The van der Waals surface area contributed by atoms with Gasteiger partial charge in [0, 0.05) is 24.2 Å². The van der Waals surface area contributed by atoms with Crippen molar-refractivity contribution in [3.05, 3.63) is 59.7 Å². The standard InChI is InChI=1S/C18H16N2O3/c21-17(14-9-11-5-1-3-7-13(11)19-14)20-15-8-4-2-6-12(15)10-16(20)18(22)23/h1-8,14,16,19H,9-10H2,(H,22,23)/t14-,16+/m1/s1. The molecule has 0 fully saturated rings. The minimum Gasteiger partial charge on any atom is -0.480 e. The highest BCUT2D eigenvalue weighted by molar-refractivity contribution is 6.06. The van der Waals surface area contributed by atoms with Gasteiger partial charge in [-0.25, -0.2) is 4.79 Å². The van der Waals surface area contributed by atoms with Gasteiger partial charge in [0.1, 0.15) is 12.1 Å². The molecule has 2 aromatic rings. The molecule has 23 heavy (non-hydrogen) atoms. The smallest absolute Gasteiger partial charge is 0.327 e. The number of carbonyl (C=O) groups is 2. The van der Waals surface area contributed by atoms with Gasteiger partial charge in [-0.1, -0.05) is 36.4 Å². The number of para-hydroxylation sites is 2. The molecule has 2 aromatic carbocycles. The zero-order valence-electron chi connectivity index (χ0n) is 12.4. The van der Waals surface area contributed by atoms with Crippen LogP contribution in [0.1, 0.15) is 11.1 Å². The van der Waals surface area contributed by atoms with Gasteiger partial charge in [0.05, 0.1) is 0 Å². The van der Waals surface area contributed by atoms with Crippen LogP contribution in [0.15, 0.2) is 48.5 Å². The molecule has 2 heterocycles. The second kappa shape index (κ2) is 5.12. The molecule has 2 atom stereocenters. The minimum absolute atomic E-state index is 0.182. The van der Waals surface area contributed by atoms with E-state index in [-0.39, 0.29) is 5.91 Å². The number of carbonyl (C=O) groups excluding carboxylic acids is 1. The van der Waals surface area contributed by atoms with Crippen molar-refractivity contribution in [2.75, 3.05) is 10.2 Å². The van der Waals surface area contributed by atoms with Gasteiger partial charge in [0.2, 0.25) is 0 Å². The van der Waals surface area contributed by atoms with Gasteiger partial charge < -0.3 is 10.4 Å². The summed E-state index contributed by atoms with van der Waals surface area (Å²) in [6, 6.07) is 14.0. The minimum atomic E-state index is -0.968. The summed E-state index contributed by atoms with van der Waals surface area (Å²) >= 11 is 0. The molecule has 0 bridgehead atoms. The molecule has 4 rings (SSSR count). The van der Waals surface area contributed by atoms with Crippen molar-refractivity contribution in [2.45, 2.75) is 24.9 Å². The van der Waals surface area contributed by atoms with Gasteiger partial charge in [-0.3, -0.25) is 9.69 Å². The van der Waals surface area contributed by atoms with Crippen molar-refractivity contribution in [3.63, 3.8) is 0 Å². The first kappa shape index (κ1) is 13.8. The lowest BCUT2D eigenvalue weighted by Crippen LogP contribution is -2.49. The van der Waals surface area contributed by atoms with E-state index in [0.717, 1.165) is 16.8 Å². The number of rotatable bonds is 2. The third-order valence-electron chi connectivity index (χ3n) is 4.57. The summed E-state index contributed by atoms with van der Waals surface area (Å²) in [5, 5.41) is 12.7. The normalized spacial score (nSPS) is 21.5. The number of amides is 1. The van der Waals surface area contributed by atoms with E-state index < -0.39 is 18.1 Å². The maximum absolute atomic E-state index is 13.0. The predicted octanol–water partition coefficient (Wildman–Crippen LogP) is 2.07. The van der Waals surface area contributed by atoms with Crippen molar-refractivity contribution >= 4 is 23.3 Å². The number of aliphatic carboxylic acids is 1. The van der Waals surface area contributed by atoms with E-state index in [2.05, 4.69) is 5.32 Å². The first-order valence-electron chi connectivity index (χ1n) is 7.63. The first-order chi connectivity index (χ1) is 11.1. The van der Waals surface area contributed by atoms with Crippen molar-refractivity contribution in [1.29, 1.82) is 0 Å². The molecule has 2 N–H and O–H groups in total. The van der Waals surface area contributed by atoms with E-state index in [4.69, 9.17) is 0 Å². The molecular weight excluding hydrogens is 292 g/mol. The number of carboxylic acids is 1. The zero-order valence-corrected chi connectivity index (χ0v) is 12.4. The van der Waals surface area contributed by atoms with E-state index in [9.17, 15) is 14.7 Å². The molecule has 0 aromatic heterocycles. The number of carboxylic acid groups (broad SMARTS) is 1. The molecule has 0 saturated heterocycles. The predicted molar refractivity (Wildman–Crippen MR) is 86.6 cm³/mol. The monoisotopic (exact) mass is 308 g/mol. The van der Waals surface area contributed by atoms with E-state index in [1.165, 1.54) is 4.90 Å². The summed E-state index contributed by atoms with van der Waals surface area (Å²) in [5.74, 6) is -1.15. The number of hydrogen-bond acceptors (Lipinski definition) is 3. The third kappa shape index (κ3) is 2.16. The Morgan fingerprint density at radius 1 is 1.00 bits per heavy atom. The van der Waals surface area contributed by atoms with Crippen LogP contribution in [0.4, 0.5) is 11.4 Å². The number of benzene rings is 2. The highest BCUT2D eigenvalue weighted by atomic mass is 16.4. The SMILES string of the molecule is O=C(O)[C@@H]1Cc2ccccc2N1C(=O)[C@H]1Cc2ccccc2N1. The van der Waals surface area contributed by atoms with Crippen LogP contribution >= 0.6 is 0 Å². The van der Waals surface area contributed by atoms with Crippen molar-refractivity contribution < 1.29 is 14.7 Å². The van der Waals surface area contributed by atoms with Crippen molar-refractivity contribution in [3.8, 4) is 0 Å². The van der Waals surface area contributed by atoms with Crippen LogP contribution in [0.25, 0.3) is 0 Å². The Morgan fingerprint density at radius 2 is 1.70 bits per heavy atom. The molecule has 0 unspecified atom stereocenters. The summed E-state index contributed by atoms with van der Waals surface area (Å²) in [5.41, 5.74) is 3.65. The van der Waals surface area contributed by atoms with Crippen molar-refractivity contribution in [2.24, 2.45) is 0 Å². The lowest BCUT2D eigenvalue weighted by atomic mass is 10.1. The average molecular weight is 308 g/mol. The van der Waals surface area contributed by atoms with Crippen LogP contribution in [0, 0.1) is 0 Å². The van der Waals surface area contributed by atoms with Crippen LogP contribution in [0.2, 0.25) is 0 Å². The van der Waals surface area contributed by atoms with Gasteiger partial charge in [-0.2, -0.15) is 0 Å². The quantitative estimate of drug-likeness (QED) is 0.891. The van der Waals surface area contributed by atoms with Gasteiger partial charge in [0.25, 0.3) is 5.91 Å². The fourth-order valence-corrected chi connectivity index (χ4v) is 3.47. The Hall–Kier alpha value is -2.82. The summed E-state index contributed by atoms with van der Waals surface area (Å²) in [7, 11) is 0. The molecule has 0 saturated carbocycles. The fourth-order valence-electron chi connectivity index (χ4n) is 3.47. The van der Waals surface area contributed by atoms with E-state index >= 15 is 0 Å². The largest absolute Gasteiger partial charge is 0.480 e. The fraction of sp³-hybridized carbons (Fsp3) is 0.222. The molecule has 0 spiro atoms. The first-order valence-corrected chi connectivity index (χ1v) is 7.63. The second-order valence-electron chi connectivity index (χ2n) is 5.95. The Kier molecular flexibility index (Phi) is 3.08. The van der Waals surface area contributed by atoms with E-state index in [1.54, 1.807) is 0 Å². The molecule has 0 radical (unpaired) electrons. The number of nitrogens with one attached hydrogen (secondary N) is 1. The third-order valence-corrected chi connectivity index (χ3v) is 4.57. The molecule has 2 aliphatic heterocycles. The molecule has 5 nitrogen and oxygen atoms in total. The highest BCUT2D eigenvalue weighted by Gasteiger charge is 2.41. The van der Waals surface area contributed by atoms with Crippen LogP contribution in [0.3, 0.4) is 0 Å². The zero-order chi connectivity index (χ0) is 16.0. The van der Waals surface area contributed by atoms with Gasteiger partial charge in [-0.05, 0) is 23.3 Å². The average Bonchev–Trinajstić information content (AvgIpc) is 3.15. The summed E-state index contributed by atoms with van der Waals surface area (Å²) in [4.78, 5) is 26.0. The molecule has 0 aliphatic carbocycles. The maximum atomic E-state index is 13.0. The van der Waals surface area contributed by atoms with E-state index in [0.29, 0.717) is 18.5 Å². The lowest BCUT2D eigenvalue weighted by Gasteiger charge is -2.26. The van der Waals surface area contributed by atoms with Crippen molar-refractivity contribution in [1.82, 2.24) is 0 Å². The Labute approximate surface area is 133 Å². The van der Waals surface area contributed by atoms with Gasteiger partial charge >= 0.3 is 5.97 Å². The molecule has 116 valence electrons. The Morgan fingerprint density at radius 3 is 2.43 bits per heavy atom. The summed E-state index contributed by atoms with van der Waals surface area (Å²) in [6.07, 6.45) is 0.941. The van der Waals surface area contributed by atoms with Crippen LogP contribution in [0.5, 0.6) is 0 Å².